The summed E-state index contributed by atoms with van der Waals surface area (Å²) in [6.45, 7) is 2.17. The highest BCUT2D eigenvalue weighted by molar-refractivity contribution is 5.94. The van der Waals surface area contributed by atoms with Crippen LogP contribution in [0.1, 0.15) is 26.2 Å². The first-order valence-corrected chi connectivity index (χ1v) is 4.27. The van der Waals surface area contributed by atoms with E-state index in [0.717, 1.165) is 18.4 Å². The number of hydrogen-bond acceptors (Lipinski definition) is 1. The summed E-state index contributed by atoms with van der Waals surface area (Å²) in [6.07, 6.45) is 5.25. The number of carbonyl (C=O) groups is 1. The Morgan fingerprint density at radius 1 is 1.73 bits per heavy atom. The van der Waals surface area contributed by atoms with Crippen LogP contribution in [-0.4, -0.2) is 11.9 Å². The van der Waals surface area contributed by atoms with Crippen LogP contribution >= 0.6 is 0 Å². The van der Waals surface area contributed by atoms with Crippen LogP contribution in [0.25, 0.3) is 0 Å². The fourth-order valence-corrected chi connectivity index (χ4v) is 1.28. The second-order valence-corrected chi connectivity index (χ2v) is 3.56. The van der Waals surface area contributed by atoms with Gasteiger partial charge in [0.15, 0.2) is 0 Å². The largest absolute Gasteiger partial charge is 0.349 e. The minimum absolute atomic E-state index is 0.172. The Morgan fingerprint density at radius 2 is 2.36 bits per heavy atom. The number of hydrogen-bond donors (Lipinski definition) is 1. The molecule has 2 rings (SSSR count). The number of rotatable bonds is 2. The van der Waals surface area contributed by atoms with Crippen LogP contribution in [0.3, 0.4) is 0 Å². The Kier molecular flexibility index (Phi) is 1.48. The van der Waals surface area contributed by atoms with Crippen molar-refractivity contribution in [1.29, 1.82) is 0 Å². The van der Waals surface area contributed by atoms with Crippen molar-refractivity contribution in [3.8, 4) is 0 Å². The second kappa shape index (κ2) is 2.36. The summed E-state index contributed by atoms with van der Waals surface area (Å²) >= 11 is 0. The van der Waals surface area contributed by atoms with Crippen molar-refractivity contribution in [2.24, 2.45) is 5.92 Å². The summed E-state index contributed by atoms with van der Waals surface area (Å²) in [7, 11) is 0. The van der Waals surface area contributed by atoms with E-state index in [1.54, 1.807) is 0 Å². The van der Waals surface area contributed by atoms with Gasteiger partial charge in [-0.3, -0.25) is 4.79 Å². The number of carbonyl (C=O) groups excluding carboxylic acids is 1. The Morgan fingerprint density at radius 3 is 2.73 bits per heavy atom. The Bertz CT molecular complexity index is 220. The van der Waals surface area contributed by atoms with Gasteiger partial charge in [-0.2, -0.15) is 0 Å². The van der Waals surface area contributed by atoms with Crippen molar-refractivity contribution >= 4 is 5.91 Å². The third-order valence-electron chi connectivity index (χ3n) is 2.52. The lowest BCUT2D eigenvalue weighted by atomic mass is 9.98. The topological polar surface area (TPSA) is 29.1 Å². The smallest absolute Gasteiger partial charge is 0.247 e. The Hall–Kier alpha value is -0.790. The fourth-order valence-electron chi connectivity index (χ4n) is 1.28. The first-order chi connectivity index (χ1) is 5.27. The zero-order chi connectivity index (χ0) is 7.84. The van der Waals surface area contributed by atoms with Gasteiger partial charge in [0.1, 0.15) is 0 Å². The first-order valence-electron chi connectivity index (χ1n) is 4.27. The molecule has 2 atom stereocenters. The maximum atomic E-state index is 11.2. The summed E-state index contributed by atoms with van der Waals surface area (Å²) < 4.78 is 0. The number of nitrogens with one attached hydrogen (secondary N) is 1. The van der Waals surface area contributed by atoms with Crippen molar-refractivity contribution in [1.82, 2.24) is 5.32 Å². The van der Waals surface area contributed by atoms with Crippen molar-refractivity contribution in [3.63, 3.8) is 0 Å². The maximum Gasteiger partial charge on any atom is 0.247 e. The molecule has 0 aromatic carbocycles. The number of amides is 1. The van der Waals surface area contributed by atoms with Gasteiger partial charge in [0.05, 0.1) is 0 Å². The van der Waals surface area contributed by atoms with E-state index in [1.165, 1.54) is 6.42 Å². The average Bonchev–Trinajstić information content (AvgIpc) is 2.40. The van der Waals surface area contributed by atoms with Gasteiger partial charge in [0.2, 0.25) is 5.91 Å². The summed E-state index contributed by atoms with van der Waals surface area (Å²) in [5.41, 5.74) is 0.990. The van der Waals surface area contributed by atoms with Crippen molar-refractivity contribution in [3.05, 3.63) is 11.6 Å². The van der Waals surface area contributed by atoms with Gasteiger partial charge in [-0.05, 0) is 25.2 Å². The summed E-state index contributed by atoms with van der Waals surface area (Å²) in [4.78, 5) is 11.2. The van der Waals surface area contributed by atoms with Crippen LogP contribution in [0, 0.1) is 5.92 Å². The maximum absolute atomic E-state index is 11.2. The van der Waals surface area contributed by atoms with E-state index in [2.05, 4.69) is 12.2 Å². The molecule has 60 valence electrons. The van der Waals surface area contributed by atoms with Crippen LogP contribution in [0.2, 0.25) is 0 Å². The van der Waals surface area contributed by atoms with Gasteiger partial charge in [-0.15, -0.1) is 0 Å². The number of allylic oxidation sites excluding steroid dienone is 1. The first kappa shape index (κ1) is 6.89. The van der Waals surface area contributed by atoms with Crippen molar-refractivity contribution in [2.45, 2.75) is 32.2 Å². The molecule has 0 heterocycles. The van der Waals surface area contributed by atoms with Gasteiger partial charge >= 0.3 is 0 Å². The molecule has 1 N–H and O–H groups in total. The molecule has 1 amide bonds. The van der Waals surface area contributed by atoms with Gasteiger partial charge in [-0.25, -0.2) is 0 Å². The normalized spacial score (nSPS) is 33.7. The molecule has 0 spiro atoms. The Balaban J connectivity index is 1.82. The SMILES string of the molecule is C[C@@H]1C[C@H]1NC(=O)C1=CCC1. The summed E-state index contributed by atoms with van der Waals surface area (Å²) in [6, 6.07) is 0.476. The highest BCUT2D eigenvalue weighted by Gasteiger charge is 2.34. The van der Waals surface area contributed by atoms with Crippen LogP contribution in [0.4, 0.5) is 0 Å². The highest BCUT2D eigenvalue weighted by Crippen LogP contribution is 2.30. The molecule has 1 fully saturated rings. The van der Waals surface area contributed by atoms with Crippen molar-refractivity contribution in [2.75, 3.05) is 0 Å². The minimum atomic E-state index is 0.172. The summed E-state index contributed by atoms with van der Waals surface area (Å²) in [5.74, 6) is 0.880. The van der Waals surface area contributed by atoms with E-state index in [-0.39, 0.29) is 5.91 Å². The van der Waals surface area contributed by atoms with E-state index < -0.39 is 0 Å². The third kappa shape index (κ3) is 1.30. The molecule has 0 radical (unpaired) electrons. The molecule has 2 nitrogen and oxygen atoms in total. The van der Waals surface area contributed by atoms with E-state index in [1.807, 2.05) is 6.08 Å². The lowest BCUT2D eigenvalue weighted by Crippen LogP contribution is -2.29. The van der Waals surface area contributed by atoms with E-state index in [9.17, 15) is 4.79 Å². The lowest BCUT2D eigenvalue weighted by Gasteiger charge is -2.13. The van der Waals surface area contributed by atoms with Gasteiger partial charge in [0, 0.05) is 11.6 Å². The standard InChI is InChI=1S/C9H13NO/c1-6-5-8(6)10-9(11)7-3-2-4-7/h3,6,8H,2,4-5H2,1H3,(H,10,11)/t6-,8-/m1/s1. The lowest BCUT2D eigenvalue weighted by molar-refractivity contribution is -0.118. The molecule has 0 aromatic rings. The molecular weight excluding hydrogens is 138 g/mol. The van der Waals surface area contributed by atoms with Crippen LogP contribution in [0.5, 0.6) is 0 Å². The minimum Gasteiger partial charge on any atom is -0.349 e. The third-order valence-corrected chi connectivity index (χ3v) is 2.52. The van der Waals surface area contributed by atoms with Crippen LogP contribution in [-0.2, 0) is 4.79 Å². The van der Waals surface area contributed by atoms with E-state index in [0.29, 0.717) is 12.0 Å². The fraction of sp³-hybridized carbons (Fsp3) is 0.667. The highest BCUT2D eigenvalue weighted by atomic mass is 16.1. The molecule has 2 heteroatoms. The second-order valence-electron chi connectivity index (χ2n) is 3.56. The molecule has 1 saturated carbocycles. The Labute approximate surface area is 66.7 Å². The molecule has 0 aromatic heterocycles. The van der Waals surface area contributed by atoms with Crippen LogP contribution in [0.15, 0.2) is 11.6 Å². The van der Waals surface area contributed by atoms with Gasteiger partial charge in [-0.1, -0.05) is 13.0 Å². The monoisotopic (exact) mass is 151 g/mol. The molecule has 2 aliphatic carbocycles. The molecule has 0 bridgehead atoms. The summed E-state index contributed by atoms with van der Waals surface area (Å²) in [5, 5.41) is 3.00. The van der Waals surface area contributed by atoms with E-state index in [4.69, 9.17) is 0 Å². The predicted octanol–water partition coefficient (Wildman–Crippen LogP) is 1.23. The molecule has 0 saturated heterocycles. The molecular formula is C9H13NO. The predicted molar refractivity (Wildman–Crippen MR) is 43.0 cm³/mol. The van der Waals surface area contributed by atoms with Gasteiger partial charge < -0.3 is 5.32 Å². The molecule has 0 unspecified atom stereocenters. The zero-order valence-electron chi connectivity index (χ0n) is 6.76. The van der Waals surface area contributed by atoms with Crippen LogP contribution < -0.4 is 5.32 Å². The zero-order valence-corrected chi connectivity index (χ0v) is 6.76. The molecule has 2 aliphatic rings. The molecule has 11 heavy (non-hydrogen) atoms. The van der Waals surface area contributed by atoms with Crippen molar-refractivity contribution < 1.29 is 4.79 Å². The molecule has 0 aliphatic heterocycles. The van der Waals surface area contributed by atoms with Gasteiger partial charge in [0.25, 0.3) is 0 Å². The quantitative estimate of drug-likeness (QED) is 0.632. The van der Waals surface area contributed by atoms with E-state index >= 15 is 0 Å². The average molecular weight is 151 g/mol.